The van der Waals surface area contributed by atoms with Crippen LogP contribution in [0.4, 0.5) is 0 Å². The number of hydrogen-bond donors (Lipinski definition) is 1. The zero-order valence-corrected chi connectivity index (χ0v) is 12.8. The molecule has 1 N–H and O–H groups in total. The highest BCUT2D eigenvalue weighted by atomic mass is 32.2. The Kier molecular flexibility index (Phi) is 7.24. The van der Waals surface area contributed by atoms with Crippen molar-refractivity contribution in [2.45, 2.75) is 6.92 Å². The summed E-state index contributed by atoms with van der Waals surface area (Å²) in [7, 11) is -4.11. The van der Waals surface area contributed by atoms with E-state index in [9.17, 15) is 18.0 Å². The molecular weight excluding hydrogens is 320 g/mol. The van der Waals surface area contributed by atoms with Crippen LogP contribution in [0.1, 0.15) is 6.92 Å². The van der Waals surface area contributed by atoms with Gasteiger partial charge in [-0.05, 0) is 0 Å². The van der Waals surface area contributed by atoms with E-state index in [1.54, 1.807) is 0 Å². The Bertz CT molecular complexity index is 518. The van der Waals surface area contributed by atoms with Crippen molar-refractivity contribution in [3.63, 3.8) is 0 Å². The fourth-order valence-electron chi connectivity index (χ4n) is 1.40. The highest BCUT2D eigenvalue weighted by Gasteiger charge is 2.34. The highest BCUT2D eigenvalue weighted by molar-refractivity contribution is 7.87. The molecule has 10 nitrogen and oxygen atoms in total. The van der Waals surface area contributed by atoms with Crippen molar-refractivity contribution in [1.29, 1.82) is 0 Å². The van der Waals surface area contributed by atoms with Gasteiger partial charge in [-0.25, -0.2) is 4.31 Å². The van der Waals surface area contributed by atoms with Crippen molar-refractivity contribution >= 4 is 22.1 Å². The van der Waals surface area contributed by atoms with E-state index >= 15 is 0 Å². The number of aliphatic hydroxyl groups is 1. The first-order valence-corrected chi connectivity index (χ1v) is 7.70. The first-order chi connectivity index (χ1) is 10.4. The second-order valence-corrected chi connectivity index (χ2v) is 5.84. The molecule has 0 aromatic carbocycles. The van der Waals surface area contributed by atoms with Crippen LogP contribution >= 0.6 is 0 Å². The molecule has 0 radical (unpaired) electrons. The number of aliphatic hydroxyl groups excluding tert-OH is 1. The van der Waals surface area contributed by atoms with E-state index in [1.807, 2.05) is 0 Å². The number of ether oxygens (including phenoxy) is 3. The molecule has 1 rings (SSSR count). The van der Waals surface area contributed by atoms with E-state index in [1.165, 1.54) is 6.92 Å². The summed E-state index contributed by atoms with van der Waals surface area (Å²) in [5.74, 6) is -1.22. The zero-order chi connectivity index (χ0) is 16.6. The Morgan fingerprint density at radius 3 is 2.55 bits per heavy atom. The Morgan fingerprint density at radius 1 is 1.23 bits per heavy atom. The summed E-state index contributed by atoms with van der Waals surface area (Å²) >= 11 is 0. The standard InChI is InChI=1S/C11H18N2O8S/c1-10(15)21-7-6-20-8-12-3-2-11(16)13(22(12,17)18)9-19-5-4-14/h2-3,14H,4-9H2,1H3. The normalized spacial score (nSPS) is 16.9. The molecule has 1 aliphatic rings. The minimum Gasteiger partial charge on any atom is -0.463 e. The number of amides is 1. The van der Waals surface area contributed by atoms with E-state index in [0.717, 1.165) is 16.6 Å². The van der Waals surface area contributed by atoms with Crippen molar-refractivity contribution in [1.82, 2.24) is 8.61 Å². The Hall–Kier alpha value is -1.69. The molecule has 0 fully saturated rings. The Morgan fingerprint density at radius 2 is 1.91 bits per heavy atom. The minimum atomic E-state index is -4.11. The molecule has 1 heterocycles. The number of carbonyl (C=O) groups excluding carboxylic acids is 2. The van der Waals surface area contributed by atoms with Gasteiger partial charge in [-0.15, -0.1) is 0 Å². The predicted octanol–water partition coefficient (Wildman–Crippen LogP) is -1.61. The van der Waals surface area contributed by atoms with Gasteiger partial charge in [0.15, 0.2) is 0 Å². The van der Waals surface area contributed by atoms with Crippen molar-refractivity contribution in [2.24, 2.45) is 0 Å². The summed E-state index contributed by atoms with van der Waals surface area (Å²) in [4.78, 5) is 22.1. The van der Waals surface area contributed by atoms with Gasteiger partial charge in [-0.1, -0.05) is 0 Å². The van der Waals surface area contributed by atoms with Gasteiger partial charge in [-0.2, -0.15) is 12.7 Å². The Balaban J connectivity index is 2.55. The maximum Gasteiger partial charge on any atom is 0.332 e. The van der Waals surface area contributed by atoms with Crippen LogP contribution in [0, 0.1) is 0 Å². The van der Waals surface area contributed by atoms with Crippen LogP contribution in [-0.2, 0) is 34.0 Å². The average Bonchev–Trinajstić information content (AvgIpc) is 2.44. The number of esters is 1. The van der Waals surface area contributed by atoms with E-state index in [2.05, 4.69) is 4.74 Å². The van der Waals surface area contributed by atoms with Crippen LogP contribution in [0.2, 0.25) is 0 Å². The fourth-order valence-corrected chi connectivity index (χ4v) is 2.57. The van der Waals surface area contributed by atoms with Crippen LogP contribution in [0.3, 0.4) is 0 Å². The molecule has 0 unspecified atom stereocenters. The molecule has 0 saturated carbocycles. The van der Waals surface area contributed by atoms with Crippen molar-refractivity contribution < 1.29 is 37.3 Å². The molecule has 1 aliphatic heterocycles. The third-order valence-electron chi connectivity index (χ3n) is 2.40. The first-order valence-electron chi connectivity index (χ1n) is 6.31. The van der Waals surface area contributed by atoms with Crippen LogP contribution < -0.4 is 0 Å². The SMILES string of the molecule is CC(=O)OCCOCN1C=CC(=O)N(COCCO)S1(=O)=O. The summed E-state index contributed by atoms with van der Waals surface area (Å²) < 4.78 is 40.2. The molecule has 0 atom stereocenters. The molecule has 11 heteroatoms. The quantitative estimate of drug-likeness (QED) is 0.394. The predicted molar refractivity (Wildman–Crippen MR) is 72.1 cm³/mol. The van der Waals surface area contributed by atoms with Crippen molar-refractivity contribution in [2.75, 3.05) is 39.9 Å². The molecule has 0 aromatic rings. The minimum absolute atomic E-state index is 0.00477. The maximum atomic E-state index is 12.2. The average molecular weight is 338 g/mol. The van der Waals surface area contributed by atoms with Gasteiger partial charge in [0.25, 0.3) is 5.91 Å². The molecule has 0 aliphatic carbocycles. The van der Waals surface area contributed by atoms with Gasteiger partial charge in [-0.3, -0.25) is 9.59 Å². The van der Waals surface area contributed by atoms with Crippen LogP contribution in [-0.4, -0.2) is 73.9 Å². The van der Waals surface area contributed by atoms with Crippen molar-refractivity contribution in [3.8, 4) is 0 Å². The van der Waals surface area contributed by atoms with Crippen LogP contribution in [0.15, 0.2) is 12.3 Å². The lowest BCUT2D eigenvalue weighted by molar-refractivity contribution is -0.142. The third kappa shape index (κ3) is 5.26. The number of rotatable bonds is 9. The van der Waals surface area contributed by atoms with Gasteiger partial charge in [0.05, 0.1) is 19.8 Å². The first kappa shape index (κ1) is 18.4. The summed E-state index contributed by atoms with van der Waals surface area (Å²) in [5.41, 5.74) is 0. The second kappa shape index (κ2) is 8.68. The largest absolute Gasteiger partial charge is 0.463 e. The smallest absolute Gasteiger partial charge is 0.332 e. The van der Waals surface area contributed by atoms with Gasteiger partial charge in [0, 0.05) is 19.2 Å². The molecule has 0 spiro atoms. The van der Waals surface area contributed by atoms with Crippen LogP contribution in [0.25, 0.3) is 0 Å². The maximum absolute atomic E-state index is 12.2. The number of hydrogen-bond acceptors (Lipinski definition) is 8. The highest BCUT2D eigenvalue weighted by Crippen LogP contribution is 2.15. The number of carbonyl (C=O) groups is 2. The van der Waals surface area contributed by atoms with Gasteiger partial charge >= 0.3 is 16.2 Å². The summed E-state index contributed by atoms with van der Waals surface area (Å²) in [6.07, 6.45) is 2.13. The van der Waals surface area contributed by atoms with E-state index < -0.39 is 28.8 Å². The van der Waals surface area contributed by atoms with E-state index in [0.29, 0.717) is 4.31 Å². The van der Waals surface area contributed by atoms with Crippen LogP contribution in [0.5, 0.6) is 0 Å². The molecule has 0 aromatic heterocycles. The van der Waals surface area contributed by atoms with Gasteiger partial charge < -0.3 is 19.3 Å². The molecular formula is C11H18N2O8S. The molecule has 0 saturated heterocycles. The summed E-state index contributed by atoms with van der Waals surface area (Å²) in [6, 6.07) is 0. The lowest BCUT2D eigenvalue weighted by Gasteiger charge is -2.30. The second-order valence-electron chi connectivity index (χ2n) is 4.04. The molecule has 0 bridgehead atoms. The fraction of sp³-hybridized carbons (Fsp3) is 0.636. The molecule has 126 valence electrons. The molecule has 22 heavy (non-hydrogen) atoms. The summed E-state index contributed by atoms with van der Waals surface area (Å²) in [5, 5.41) is 8.59. The van der Waals surface area contributed by atoms with Gasteiger partial charge in [0.1, 0.15) is 20.1 Å². The summed E-state index contributed by atoms with van der Waals surface area (Å²) in [6.45, 7) is 0.0139. The van der Waals surface area contributed by atoms with Crippen molar-refractivity contribution in [3.05, 3.63) is 12.3 Å². The monoisotopic (exact) mass is 338 g/mol. The number of nitrogens with zero attached hydrogens (tertiary/aromatic N) is 2. The Labute approximate surface area is 128 Å². The lowest BCUT2D eigenvalue weighted by Crippen LogP contribution is -2.48. The van der Waals surface area contributed by atoms with Gasteiger partial charge in [0.2, 0.25) is 0 Å². The lowest BCUT2D eigenvalue weighted by atomic mass is 10.5. The molecule has 1 amide bonds. The van der Waals surface area contributed by atoms with E-state index in [4.69, 9.17) is 14.6 Å². The third-order valence-corrected chi connectivity index (χ3v) is 4.06. The van der Waals surface area contributed by atoms with E-state index in [-0.39, 0.29) is 33.2 Å². The topological polar surface area (TPSA) is 123 Å². The zero-order valence-electron chi connectivity index (χ0n) is 12.0.